The predicted molar refractivity (Wildman–Crippen MR) is 116 cm³/mol. The lowest BCUT2D eigenvalue weighted by Crippen LogP contribution is -2.26. The van der Waals surface area contributed by atoms with Crippen molar-refractivity contribution in [3.8, 4) is 16.9 Å². The predicted octanol–water partition coefficient (Wildman–Crippen LogP) is 5.52. The molecule has 0 atom stereocenters. The Bertz CT molecular complexity index is 1310. The molecule has 2 aromatic heterocycles. The molecule has 0 N–H and O–H groups in total. The molecule has 8 heteroatoms. The fourth-order valence-electron chi connectivity index (χ4n) is 4.26. The van der Waals surface area contributed by atoms with Crippen LogP contribution in [0.25, 0.3) is 16.9 Å². The normalized spacial score (nSPS) is 12.8. The number of benzene rings is 2. The molecule has 4 aromatic rings. The summed E-state index contributed by atoms with van der Waals surface area (Å²) in [6.07, 6.45) is -2.49. The maximum atomic E-state index is 13.7. The highest BCUT2D eigenvalue weighted by Gasteiger charge is 2.41. The van der Waals surface area contributed by atoms with E-state index in [-0.39, 0.29) is 17.9 Å². The van der Waals surface area contributed by atoms with Crippen LogP contribution < -0.4 is 0 Å². The summed E-state index contributed by atoms with van der Waals surface area (Å²) in [5.74, 6) is 0.465. The number of carbonyl (C=O) groups is 1. The molecule has 33 heavy (non-hydrogen) atoms. The second kappa shape index (κ2) is 7.95. The molecule has 0 saturated heterocycles. The summed E-state index contributed by atoms with van der Waals surface area (Å²) < 4.78 is 47.8. The molecule has 0 aliphatic heterocycles. The molecule has 168 valence electrons. The number of halogens is 3. The van der Waals surface area contributed by atoms with E-state index in [4.69, 9.17) is 4.42 Å². The quantitative estimate of drug-likeness (QED) is 0.411. The van der Waals surface area contributed by atoms with Crippen molar-refractivity contribution in [2.24, 2.45) is 0 Å². The first kappa shape index (κ1) is 21.1. The van der Waals surface area contributed by atoms with Gasteiger partial charge in [0.1, 0.15) is 5.76 Å². The second-order valence-electron chi connectivity index (χ2n) is 8.04. The van der Waals surface area contributed by atoms with Crippen LogP contribution in [-0.2, 0) is 25.6 Å². The molecular formula is C25H20F3N3O2. The SMILES string of the molecule is CN(Cc1ccccc1)C(=O)c1ccc(-n2nc(C(F)(F)F)c3c2-c2ccoc2CC3)cc1. The van der Waals surface area contributed by atoms with Crippen molar-refractivity contribution >= 4 is 5.91 Å². The van der Waals surface area contributed by atoms with Crippen molar-refractivity contribution in [1.82, 2.24) is 14.7 Å². The lowest BCUT2D eigenvalue weighted by atomic mass is 9.94. The van der Waals surface area contributed by atoms with E-state index in [1.54, 1.807) is 42.3 Å². The molecule has 2 heterocycles. The van der Waals surface area contributed by atoms with Gasteiger partial charge in [-0.2, -0.15) is 18.3 Å². The van der Waals surface area contributed by atoms with Gasteiger partial charge in [0.2, 0.25) is 0 Å². The first-order valence-electron chi connectivity index (χ1n) is 10.5. The number of rotatable bonds is 4. The van der Waals surface area contributed by atoms with E-state index in [2.05, 4.69) is 5.10 Å². The molecule has 0 fully saturated rings. The number of fused-ring (bicyclic) bond motifs is 3. The molecule has 0 bridgehead atoms. The summed E-state index contributed by atoms with van der Waals surface area (Å²) >= 11 is 0. The molecule has 5 rings (SSSR count). The van der Waals surface area contributed by atoms with E-state index in [1.807, 2.05) is 30.3 Å². The third-order valence-electron chi connectivity index (χ3n) is 5.82. The van der Waals surface area contributed by atoms with Crippen LogP contribution in [0.4, 0.5) is 13.2 Å². The highest BCUT2D eigenvalue weighted by molar-refractivity contribution is 5.94. The number of hydrogen-bond acceptors (Lipinski definition) is 3. The third kappa shape index (κ3) is 3.82. The molecule has 5 nitrogen and oxygen atoms in total. The summed E-state index contributed by atoms with van der Waals surface area (Å²) in [5, 5.41) is 3.93. The maximum Gasteiger partial charge on any atom is 0.435 e. The Labute approximate surface area is 188 Å². The molecule has 1 aliphatic rings. The molecule has 0 unspecified atom stereocenters. The Morgan fingerprint density at radius 3 is 2.48 bits per heavy atom. The highest BCUT2D eigenvalue weighted by atomic mass is 19.4. The van der Waals surface area contributed by atoms with Gasteiger partial charge in [0, 0.05) is 36.7 Å². The summed E-state index contributed by atoms with van der Waals surface area (Å²) in [4.78, 5) is 14.4. The Hall–Kier alpha value is -3.81. The second-order valence-corrected chi connectivity index (χ2v) is 8.04. The Morgan fingerprint density at radius 2 is 1.79 bits per heavy atom. The van der Waals surface area contributed by atoms with E-state index in [9.17, 15) is 18.0 Å². The number of carbonyl (C=O) groups excluding carboxylic acids is 1. The van der Waals surface area contributed by atoms with Crippen LogP contribution in [0, 0.1) is 0 Å². The lowest BCUT2D eigenvalue weighted by molar-refractivity contribution is -0.142. The topological polar surface area (TPSA) is 51.3 Å². The van der Waals surface area contributed by atoms with Crippen molar-refractivity contribution < 1.29 is 22.4 Å². The highest BCUT2D eigenvalue weighted by Crippen LogP contribution is 2.42. The van der Waals surface area contributed by atoms with Crippen LogP contribution in [-0.4, -0.2) is 27.6 Å². The monoisotopic (exact) mass is 451 g/mol. The first-order valence-corrected chi connectivity index (χ1v) is 10.5. The van der Waals surface area contributed by atoms with Gasteiger partial charge in [0.15, 0.2) is 5.69 Å². The molecule has 0 saturated carbocycles. The van der Waals surface area contributed by atoms with Crippen molar-refractivity contribution in [3.63, 3.8) is 0 Å². The van der Waals surface area contributed by atoms with Crippen molar-refractivity contribution in [1.29, 1.82) is 0 Å². The standard InChI is InChI=1S/C25H20F3N3O2/c1-30(15-16-5-3-2-4-6-16)24(32)17-7-9-18(10-8-17)31-22-19-13-14-33-21(19)12-11-20(22)23(29-31)25(26,27)28/h2-10,13-14H,11-12,15H2,1H3. The van der Waals surface area contributed by atoms with Gasteiger partial charge in [0.05, 0.1) is 17.6 Å². The van der Waals surface area contributed by atoms with E-state index >= 15 is 0 Å². The van der Waals surface area contributed by atoms with Gasteiger partial charge < -0.3 is 9.32 Å². The Kier molecular flexibility index (Phi) is 5.08. The zero-order chi connectivity index (χ0) is 23.2. The zero-order valence-corrected chi connectivity index (χ0v) is 17.8. The maximum absolute atomic E-state index is 13.7. The summed E-state index contributed by atoms with van der Waals surface area (Å²) in [6.45, 7) is 0.451. The van der Waals surface area contributed by atoms with Crippen LogP contribution in [0.3, 0.4) is 0 Å². The average Bonchev–Trinajstić information content (AvgIpc) is 3.43. The van der Waals surface area contributed by atoms with Crippen LogP contribution in [0.15, 0.2) is 71.3 Å². The van der Waals surface area contributed by atoms with Gasteiger partial charge in [-0.25, -0.2) is 4.68 Å². The van der Waals surface area contributed by atoms with Crippen molar-refractivity contribution in [2.45, 2.75) is 25.6 Å². The number of aryl methyl sites for hydroxylation is 1. The summed E-state index contributed by atoms with van der Waals surface area (Å²) in [5.41, 5.74) is 2.17. The molecule has 1 aliphatic carbocycles. The molecule has 0 radical (unpaired) electrons. The van der Waals surface area contributed by atoms with Gasteiger partial charge in [-0.05, 0) is 42.3 Å². The van der Waals surface area contributed by atoms with Crippen LogP contribution in [0.2, 0.25) is 0 Å². The largest absolute Gasteiger partial charge is 0.469 e. The van der Waals surface area contributed by atoms with E-state index in [1.165, 1.54) is 10.9 Å². The molecule has 0 spiro atoms. The van der Waals surface area contributed by atoms with Crippen molar-refractivity contribution in [3.05, 3.63) is 95.1 Å². The molecular weight excluding hydrogens is 431 g/mol. The number of alkyl halides is 3. The summed E-state index contributed by atoms with van der Waals surface area (Å²) in [6, 6.07) is 17.7. The van der Waals surface area contributed by atoms with Crippen LogP contribution in [0.1, 0.15) is 32.9 Å². The first-order chi connectivity index (χ1) is 15.8. The van der Waals surface area contributed by atoms with Gasteiger partial charge in [-0.1, -0.05) is 30.3 Å². The number of hydrogen-bond donors (Lipinski definition) is 0. The van der Waals surface area contributed by atoms with Gasteiger partial charge in [-0.3, -0.25) is 4.79 Å². The average molecular weight is 451 g/mol. The van der Waals surface area contributed by atoms with Gasteiger partial charge in [-0.15, -0.1) is 0 Å². The third-order valence-corrected chi connectivity index (χ3v) is 5.82. The fourth-order valence-corrected chi connectivity index (χ4v) is 4.26. The minimum Gasteiger partial charge on any atom is -0.469 e. The smallest absolute Gasteiger partial charge is 0.435 e. The number of aromatic nitrogens is 2. The Morgan fingerprint density at radius 1 is 1.06 bits per heavy atom. The van der Waals surface area contributed by atoms with Crippen LogP contribution in [0.5, 0.6) is 0 Å². The molecule has 2 aromatic carbocycles. The lowest BCUT2D eigenvalue weighted by Gasteiger charge is -2.18. The minimum absolute atomic E-state index is 0.166. The number of furan rings is 1. The van der Waals surface area contributed by atoms with E-state index in [0.717, 1.165) is 5.56 Å². The van der Waals surface area contributed by atoms with E-state index < -0.39 is 11.9 Å². The number of nitrogens with zero attached hydrogens (tertiary/aromatic N) is 3. The molecule has 1 amide bonds. The van der Waals surface area contributed by atoms with Crippen LogP contribution >= 0.6 is 0 Å². The van der Waals surface area contributed by atoms with Gasteiger partial charge in [0.25, 0.3) is 5.91 Å². The number of amides is 1. The van der Waals surface area contributed by atoms with E-state index in [0.29, 0.717) is 41.2 Å². The zero-order valence-electron chi connectivity index (χ0n) is 17.8. The minimum atomic E-state index is -4.56. The fraction of sp³-hybridized carbons (Fsp3) is 0.200. The van der Waals surface area contributed by atoms with Gasteiger partial charge >= 0.3 is 6.18 Å². The van der Waals surface area contributed by atoms with Crippen molar-refractivity contribution in [2.75, 3.05) is 7.05 Å². The summed E-state index contributed by atoms with van der Waals surface area (Å²) in [7, 11) is 1.71. The Balaban J connectivity index is 1.48.